The smallest absolute Gasteiger partial charge is 0.244 e. The molecule has 0 spiro atoms. The highest BCUT2D eigenvalue weighted by atomic mass is 19.1. The van der Waals surface area contributed by atoms with Gasteiger partial charge in [-0.25, -0.2) is 4.39 Å². The molecule has 0 aliphatic carbocycles. The van der Waals surface area contributed by atoms with Crippen LogP contribution in [0.2, 0.25) is 0 Å². The van der Waals surface area contributed by atoms with Gasteiger partial charge in [0, 0.05) is 5.54 Å². The van der Waals surface area contributed by atoms with Gasteiger partial charge in [0.2, 0.25) is 5.91 Å². The van der Waals surface area contributed by atoms with Crippen LogP contribution in [0, 0.1) is 0 Å². The molecule has 0 N–H and O–H groups in total. The number of hydrogen-bond acceptors (Lipinski definition) is 2. The molecule has 1 aromatic heterocycles. The number of carbonyl (C=O) groups is 1. The summed E-state index contributed by atoms with van der Waals surface area (Å²) in [5, 5.41) is 4.36. The quantitative estimate of drug-likeness (QED) is 0.784. The molecule has 0 saturated heterocycles. The average Bonchev–Trinajstić information content (AvgIpc) is 2.63. The van der Waals surface area contributed by atoms with Gasteiger partial charge in [-0.1, -0.05) is 13.8 Å². The van der Waals surface area contributed by atoms with E-state index in [0.29, 0.717) is 5.69 Å². The third kappa shape index (κ3) is 2.65. The van der Waals surface area contributed by atoms with Crippen LogP contribution >= 0.6 is 0 Å². The van der Waals surface area contributed by atoms with E-state index in [-0.39, 0.29) is 30.5 Å². The van der Waals surface area contributed by atoms with Gasteiger partial charge in [-0.3, -0.25) is 9.48 Å². The predicted molar refractivity (Wildman–Crippen MR) is 71.6 cm³/mol. The number of aromatic nitrogens is 2. The van der Waals surface area contributed by atoms with E-state index in [1.807, 2.05) is 34.6 Å². The summed E-state index contributed by atoms with van der Waals surface area (Å²) >= 11 is 0. The Morgan fingerprint density at radius 3 is 2.58 bits per heavy atom. The van der Waals surface area contributed by atoms with Gasteiger partial charge >= 0.3 is 0 Å². The van der Waals surface area contributed by atoms with E-state index in [4.69, 9.17) is 0 Å². The maximum Gasteiger partial charge on any atom is 0.244 e. The zero-order chi connectivity index (χ0) is 14.4. The molecule has 0 fully saturated rings. The van der Waals surface area contributed by atoms with E-state index in [2.05, 4.69) is 5.10 Å². The van der Waals surface area contributed by atoms with Crippen LogP contribution in [0.25, 0.3) is 0 Å². The minimum atomic E-state index is -1.18. The number of rotatable bonds is 1. The average molecular weight is 267 g/mol. The van der Waals surface area contributed by atoms with Crippen molar-refractivity contribution in [2.75, 3.05) is 6.54 Å². The molecule has 1 unspecified atom stereocenters. The Balaban J connectivity index is 2.35. The van der Waals surface area contributed by atoms with Crippen LogP contribution in [0.1, 0.15) is 58.1 Å². The van der Waals surface area contributed by atoms with Gasteiger partial charge in [0.15, 0.2) is 6.17 Å². The molecule has 1 atom stereocenters. The Morgan fingerprint density at radius 2 is 2.05 bits per heavy atom. The van der Waals surface area contributed by atoms with E-state index in [1.54, 1.807) is 11.0 Å². The largest absolute Gasteiger partial charge is 0.333 e. The number of hydrogen-bond donors (Lipinski definition) is 0. The lowest BCUT2D eigenvalue weighted by Gasteiger charge is -2.35. The normalized spacial score (nSPS) is 20.7. The molecule has 2 heterocycles. The van der Waals surface area contributed by atoms with Crippen molar-refractivity contribution >= 4 is 5.91 Å². The van der Waals surface area contributed by atoms with Crippen LogP contribution < -0.4 is 0 Å². The van der Waals surface area contributed by atoms with E-state index in [9.17, 15) is 9.18 Å². The highest BCUT2D eigenvalue weighted by Crippen LogP contribution is 2.29. The molecule has 1 amide bonds. The van der Waals surface area contributed by atoms with Crippen molar-refractivity contribution in [3.8, 4) is 0 Å². The van der Waals surface area contributed by atoms with Crippen molar-refractivity contribution in [1.29, 1.82) is 0 Å². The molecular formula is C14H22FN3O. The molecule has 19 heavy (non-hydrogen) atoms. The second-order valence-corrected chi connectivity index (χ2v) is 6.45. The number of alkyl halides is 1. The van der Waals surface area contributed by atoms with Gasteiger partial charge in [-0.15, -0.1) is 0 Å². The maximum atomic E-state index is 14.4. The van der Waals surface area contributed by atoms with E-state index in [0.717, 1.165) is 5.69 Å². The molecule has 1 aliphatic heterocycles. The van der Waals surface area contributed by atoms with E-state index in [1.165, 1.54) is 4.68 Å². The fourth-order valence-electron chi connectivity index (χ4n) is 2.33. The first-order valence-corrected chi connectivity index (χ1v) is 6.72. The number of amides is 1. The van der Waals surface area contributed by atoms with Gasteiger partial charge in [0.1, 0.15) is 6.54 Å². The van der Waals surface area contributed by atoms with Crippen molar-refractivity contribution in [2.45, 2.75) is 58.8 Å². The van der Waals surface area contributed by atoms with Gasteiger partial charge in [-0.05, 0) is 32.8 Å². The Morgan fingerprint density at radius 1 is 1.42 bits per heavy atom. The van der Waals surface area contributed by atoms with Crippen LogP contribution in [0.3, 0.4) is 0 Å². The summed E-state index contributed by atoms with van der Waals surface area (Å²) in [5.74, 6) is 0.160. The fraction of sp³-hybridized carbons (Fsp3) is 0.714. The van der Waals surface area contributed by atoms with Crippen molar-refractivity contribution in [1.82, 2.24) is 14.7 Å². The first kappa shape index (κ1) is 14.0. The minimum Gasteiger partial charge on any atom is -0.333 e. The number of halogens is 1. The molecule has 106 valence electrons. The minimum absolute atomic E-state index is 0.0766. The van der Waals surface area contributed by atoms with Crippen molar-refractivity contribution in [2.24, 2.45) is 0 Å². The molecule has 0 radical (unpaired) electrons. The molecule has 5 heteroatoms. The summed E-state index contributed by atoms with van der Waals surface area (Å²) in [6.07, 6.45) is -1.18. The van der Waals surface area contributed by atoms with Crippen molar-refractivity contribution in [3.63, 3.8) is 0 Å². The fourth-order valence-corrected chi connectivity index (χ4v) is 2.33. The molecule has 0 saturated carbocycles. The Kier molecular flexibility index (Phi) is 3.41. The molecular weight excluding hydrogens is 245 g/mol. The first-order valence-electron chi connectivity index (χ1n) is 6.72. The lowest BCUT2D eigenvalue weighted by Crippen LogP contribution is -2.47. The van der Waals surface area contributed by atoms with Crippen LogP contribution in [0.5, 0.6) is 0 Å². The SMILES string of the molecule is CC(C)c1cc2n(n1)CC(=O)N(C(C)(C)C)CC2F. The second kappa shape index (κ2) is 4.62. The summed E-state index contributed by atoms with van der Waals surface area (Å²) in [6, 6.07) is 1.79. The maximum absolute atomic E-state index is 14.4. The number of carbonyl (C=O) groups excluding carboxylic acids is 1. The van der Waals surface area contributed by atoms with Crippen molar-refractivity contribution in [3.05, 3.63) is 17.5 Å². The Hall–Kier alpha value is -1.39. The summed E-state index contributed by atoms with van der Waals surface area (Å²) in [7, 11) is 0. The standard InChI is InChI=1S/C14H22FN3O/c1-9(2)11-6-12-10(15)7-17(14(3,4)5)13(19)8-18(12)16-11/h6,9-10H,7-8H2,1-5H3. The third-order valence-electron chi connectivity index (χ3n) is 3.48. The summed E-state index contributed by atoms with van der Waals surface area (Å²) in [4.78, 5) is 13.8. The third-order valence-corrected chi connectivity index (χ3v) is 3.48. The molecule has 0 aromatic carbocycles. The van der Waals surface area contributed by atoms with Gasteiger partial charge in [0.05, 0.1) is 17.9 Å². The zero-order valence-electron chi connectivity index (χ0n) is 12.3. The van der Waals surface area contributed by atoms with Crippen LogP contribution in [-0.4, -0.2) is 32.7 Å². The summed E-state index contributed by atoms with van der Waals surface area (Å²) in [5.41, 5.74) is 0.991. The highest BCUT2D eigenvalue weighted by molar-refractivity contribution is 5.77. The molecule has 4 nitrogen and oxygen atoms in total. The Bertz CT molecular complexity index is 487. The summed E-state index contributed by atoms with van der Waals surface area (Å²) in [6.45, 7) is 10.0. The molecule has 1 aromatic rings. The highest BCUT2D eigenvalue weighted by Gasteiger charge is 2.34. The van der Waals surface area contributed by atoms with Crippen LogP contribution in [-0.2, 0) is 11.3 Å². The monoisotopic (exact) mass is 267 g/mol. The van der Waals surface area contributed by atoms with Gasteiger partial charge in [0.25, 0.3) is 0 Å². The lowest BCUT2D eigenvalue weighted by atomic mass is 10.0. The number of fused-ring (bicyclic) bond motifs is 1. The predicted octanol–water partition coefficient (Wildman–Crippen LogP) is 2.66. The Labute approximate surface area is 113 Å². The molecule has 1 aliphatic rings. The van der Waals surface area contributed by atoms with Gasteiger partial charge < -0.3 is 4.90 Å². The van der Waals surface area contributed by atoms with Crippen LogP contribution in [0.4, 0.5) is 4.39 Å². The van der Waals surface area contributed by atoms with Crippen molar-refractivity contribution < 1.29 is 9.18 Å². The summed E-state index contributed by atoms with van der Waals surface area (Å²) < 4.78 is 15.9. The molecule has 2 rings (SSSR count). The van der Waals surface area contributed by atoms with Gasteiger partial charge in [-0.2, -0.15) is 5.10 Å². The second-order valence-electron chi connectivity index (χ2n) is 6.45. The zero-order valence-corrected chi connectivity index (χ0v) is 12.3. The van der Waals surface area contributed by atoms with E-state index >= 15 is 0 Å². The van der Waals surface area contributed by atoms with E-state index < -0.39 is 6.17 Å². The first-order chi connectivity index (χ1) is 8.70. The lowest BCUT2D eigenvalue weighted by molar-refractivity contribution is -0.137. The molecule has 0 bridgehead atoms. The van der Waals surface area contributed by atoms with Crippen LogP contribution in [0.15, 0.2) is 6.07 Å². The topological polar surface area (TPSA) is 38.1 Å². The number of nitrogens with zero attached hydrogens (tertiary/aromatic N) is 3.